The van der Waals surface area contributed by atoms with Crippen molar-refractivity contribution in [1.82, 2.24) is 0 Å². The maximum absolute atomic E-state index is 12.8. The van der Waals surface area contributed by atoms with Crippen LogP contribution >= 0.6 is 0 Å². The summed E-state index contributed by atoms with van der Waals surface area (Å²) in [6.07, 6.45) is 58.5. The van der Waals surface area contributed by atoms with E-state index in [2.05, 4.69) is 57.2 Å². The zero-order valence-electron chi connectivity index (χ0n) is 40.7. The number of ether oxygens (including phenoxy) is 3. The van der Waals surface area contributed by atoms with Crippen LogP contribution < -0.4 is 0 Å². The Morgan fingerprint density at radius 3 is 0.984 bits per heavy atom. The molecule has 0 aliphatic carbocycles. The minimum atomic E-state index is -0.777. The minimum absolute atomic E-state index is 0.0763. The molecule has 0 aromatic carbocycles. The van der Waals surface area contributed by atoms with Crippen molar-refractivity contribution in [1.29, 1.82) is 0 Å². The second kappa shape index (κ2) is 50.3. The molecule has 0 aliphatic rings. The number of allylic oxidation sites excluding steroid dienone is 6. The van der Waals surface area contributed by atoms with Crippen LogP contribution in [-0.2, 0) is 28.6 Å². The zero-order chi connectivity index (χ0) is 44.4. The van der Waals surface area contributed by atoms with E-state index in [1.54, 1.807) is 0 Å². The molecule has 356 valence electrons. The third kappa shape index (κ3) is 48.5. The smallest absolute Gasteiger partial charge is 0.306 e. The highest BCUT2D eigenvalue weighted by Crippen LogP contribution is 2.16. The Bertz CT molecular complexity index is 1030. The minimum Gasteiger partial charge on any atom is -0.462 e. The number of carbonyl (C=O) groups is 3. The summed E-state index contributed by atoms with van der Waals surface area (Å²) >= 11 is 0. The summed E-state index contributed by atoms with van der Waals surface area (Å²) in [7, 11) is 0. The highest BCUT2D eigenvalue weighted by Gasteiger charge is 2.19. The molecule has 0 heterocycles. The first-order chi connectivity index (χ1) is 30.0. The second-order valence-electron chi connectivity index (χ2n) is 17.8. The molecule has 1 atom stereocenters. The molecule has 0 rings (SSSR count). The van der Waals surface area contributed by atoms with Gasteiger partial charge >= 0.3 is 17.9 Å². The third-order valence-corrected chi connectivity index (χ3v) is 11.7. The van der Waals surface area contributed by atoms with Crippen LogP contribution in [0.5, 0.6) is 0 Å². The maximum atomic E-state index is 12.8. The van der Waals surface area contributed by atoms with Crippen LogP contribution in [0, 0.1) is 0 Å². The van der Waals surface area contributed by atoms with E-state index in [0.29, 0.717) is 19.3 Å². The molecule has 0 saturated carbocycles. The molecule has 0 fully saturated rings. The Kier molecular flexibility index (Phi) is 48.3. The number of unbranched alkanes of at least 4 members (excludes halogenated alkanes) is 33. The van der Waals surface area contributed by atoms with Gasteiger partial charge in [-0.1, -0.05) is 256 Å². The van der Waals surface area contributed by atoms with Crippen LogP contribution in [0.2, 0.25) is 0 Å². The van der Waals surface area contributed by atoms with Crippen LogP contribution in [0.15, 0.2) is 36.5 Å². The van der Waals surface area contributed by atoms with Gasteiger partial charge in [-0.15, -0.1) is 0 Å². The molecule has 0 bridgehead atoms. The van der Waals surface area contributed by atoms with Crippen molar-refractivity contribution in [3.8, 4) is 0 Å². The number of carbonyl (C=O) groups excluding carboxylic acids is 3. The Morgan fingerprint density at radius 1 is 0.344 bits per heavy atom. The van der Waals surface area contributed by atoms with Gasteiger partial charge in [0.2, 0.25) is 0 Å². The van der Waals surface area contributed by atoms with Crippen LogP contribution in [0.25, 0.3) is 0 Å². The Morgan fingerprint density at radius 2 is 0.639 bits per heavy atom. The van der Waals surface area contributed by atoms with E-state index in [1.165, 1.54) is 154 Å². The van der Waals surface area contributed by atoms with E-state index >= 15 is 0 Å². The van der Waals surface area contributed by atoms with E-state index < -0.39 is 6.10 Å². The summed E-state index contributed by atoms with van der Waals surface area (Å²) in [5.41, 5.74) is 0. The van der Waals surface area contributed by atoms with Gasteiger partial charge in [-0.3, -0.25) is 14.4 Å². The van der Waals surface area contributed by atoms with E-state index in [0.717, 1.165) is 83.5 Å². The van der Waals surface area contributed by atoms with Crippen molar-refractivity contribution in [3.05, 3.63) is 36.5 Å². The highest BCUT2D eigenvalue weighted by molar-refractivity contribution is 5.71. The maximum Gasteiger partial charge on any atom is 0.306 e. The fourth-order valence-electron chi connectivity index (χ4n) is 7.74. The van der Waals surface area contributed by atoms with Gasteiger partial charge in [-0.25, -0.2) is 0 Å². The monoisotopic (exact) mass is 857 g/mol. The van der Waals surface area contributed by atoms with Gasteiger partial charge in [-0.05, 0) is 38.5 Å². The predicted molar refractivity (Wildman–Crippen MR) is 261 cm³/mol. The van der Waals surface area contributed by atoms with Gasteiger partial charge in [0, 0.05) is 19.3 Å². The molecule has 61 heavy (non-hydrogen) atoms. The Hall–Kier alpha value is -2.37. The summed E-state index contributed by atoms with van der Waals surface area (Å²) in [6, 6.07) is 0. The second-order valence-corrected chi connectivity index (χ2v) is 17.8. The summed E-state index contributed by atoms with van der Waals surface area (Å²) in [6.45, 7) is 6.52. The topological polar surface area (TPSA) is 78.9 Å². The summed E-state index contributed by atoms with van der Waals surface area (Å²) in [4.78, 5) is 38.0. The average Bonchev–Trinajstić information content (AvgIpc) is 3.26. The normalized spacial score (nSPS) is 12.2. The first-order valence-electron chi connectivity index (χ1n) is 26.5. The molecule has 0 aliphatic heterocycles. The SMILES string of the molecule is CC\C=C/C=C\C=C/CCCCCCCC(=O)OC(COC(=O)CCCCCCCCCCCCCC)COC(=O)CCCCCCCCCCCCCCCCCCCC. The summed E-state index contributed by atoms with van der Waals surface area (Å²) < 4.78 is 16.8. The molecular weight excluding hydrogens is 757 g/mol. The molecule has 0 amide bonds. The largest absolute Gasteiger partial charge is 0.462 e. The van der Waals surface area contributed by atoms with Crippen LogP contribution in [0.3, 0.4) is 0 Å². The molecule has 6 nitrogen and oxygen atoms in total. The van der Waals surface area contributed by atoms with Crippen LogP contribution in [0.1, 0.15) is 278 Å². The van der Waals surface area contributed by atoms with Gasteiger partial charge in [0.15, 0.2) is 6.10 Å². The number of rotatable bonds is 48. The van der Waals surface area contributed by atoms with Crippen molar-refractivity contribution in [2.24, 2.45) is 0 Å². The molecule has 0 aromatic heterocycles. The van der Waals surface area contributed by atoms with Gasteiger partial charge in [0.1, 0.15) is 13.2 Å². The molecule has 0 aromatic rings. The van der Waals surface area contributed by atoms with Crippen molar-refractivity contribution in [2.45, 2.75) is 284 Å². The number of esters is 3. The predicted octanol–water partition coefficient (Wildman–Crippen LogP) is 17.3. The highest BCUT2D eigenvalue weighted by atomic mass is 16.6. The van der Waals surface area contributed by atoms with Crippen molar-refractivity contribution >= 4 is 17.9 Å². The van der Waals surface area contributed by atoms with E-state index in [9.17, 15) is 14.4 Å². The number of hydrogen-bond acceptors (Lipinski definition) is 6. The molecular formula is C55H100O6. The fraction of sp³-hybridized carbons (Fsp3) is 0.836. The van der Waals surface area contributed by atoms with E-state index in [4.69, 9.17) is 14.2 Å². The molecule has 6 heteroatoms. The third-order valence-electron chi connectivity index (χ3n) is 11.7. The molecule has 1 unspecified atom stereocenters. The molecule has 0 spiro atoms. The van der Waals surface area contributed by atoms with Crippen LogP contribution in [-0.4, -0.2) is 37.2 Å². The van der Waals surface area contributed by atoms with E-state index in [-0.39, 0.29) is 31.1 Å². The average molecular weight is 857 g/mol. The van der Waals surface area contributed by atoms with E-state index in [1.807, 2.05) is 0 Å². The first-order valence-corrected chi connectivity index (χ1v) is 26.5. The lowest BCUT2D eigenvalue weighted by molar-refractivity contribution is -0.167. The number of hydrogen-bond donors (Lipinski definition) is 0. The van der Waals surface area contributed by atoms with Crippen molar-refractivity contribution in [2.75, 3.05) is 13.2 Å². The molecule has 0 radical (unpaired) electrons. The Labute approximate surface area is 378 Å². The lowest BCUT2D eigenvalue weighted by Crippen LogP contribution is -2.30. The Balaban J connectivity index is 4.31. The zero-order valence-corrected chi connectivity index (χ0v) is 40.7. The first kappa shape index (κ1) is 58.6. The molecule has 0 saturated heterocycles. The van der Waals surface area contributed by atoms with Gasteiger partial charge in [0.05, 0.1) is 0 Å². The van der Waals surface area contributed by atoms with Crippen molar-refractivity contribution in [3.63, 3.8) is 0 Å². The lowest BCUT2D eigenvalue weighted by atomic mass is 10.0. The lowest BCUT2D eigenvalue weighted by Gasteiger charge is -2.18. The van der Waals surface area contributed by atoms with Crippen LogP contribution in [0.4, 0.5) is 0 Å². The summed E-state index contributed by atoms with van der Waals surface area (Å²) in [5, 5.41) is 0. The fourth-order valence-corrected chi connectivity index (χ4v) is 7.74. The van der Waals surface area contributed by atoms with Gasteiger partial charge < -0.3 is 14.2 Å². The van der Waals surface area contributed by atoms with Gasteiger partial charge in [-0.2, -0.15) is 0 Å². The van der Waals surface area contributed by atoms with Gasteiger partial charge in [0.25, 0.3) is 0 Å². The van der Waals surface area contributed by atoms with Crippen molar-refractivity contribution < 1.29 is 28.6 Å². The summed E-state index contributed by atoms with van der Waals surface area (Å²) in [5.74, 6) is -0.884. The molecule has 0 N–H and O–H groups in total. The standard InChI is InChI=1S/C55H100O6/c1-4-7-10-13-16-19-22-25-26-27-28-29-31-33-36-39-42-45-48-54(57)60-51-52(50-59-53(56)47-44-41-38-35-32-24-21-18-15-12-9-6-3)61-55(58)49-46-43-40-37-34-30-23-20-17-14-11-8-5-2/h8,11,14,17,20,23,52H,4-7,9-10,12-13,15-16,18-19,21-22,24-51H2,1-3H3/b11-8-,17-14-,23-20-. The quantitative estimate of drug-likeness (QED) is 0.0262.